The van der Waals surface area contributed by atoms with E-state index in [0.717, 1.165) is 0 Å². The van der Waals surface area contributed by atoms with Crippen LogP contribution < -0.4 is 5.32 Å². The maximum absolute atomic E-state index is 11.8. The van der Waals surface area contributed by atoms with Gasteiger partial charge in [-0.3, -0.25) is 14.9 Å². The van der Waals surface area contributed by atoms with Crippen LogP contribution in [0.15, 0.2) is 36.7 Å². The van der Waals surface area contributed by atoms with Crippen LogP contribution >= 0.6 is 0 Å². The van der Waals surface area contributed by atoms with Gasteiger partial charge in [-0.1, -0.05) is 0 Å². The molecule has 0 bridgehead atoms. The average Bonchev–Trinajstić information content (AvgIpc) is 2.94. The summed E-state index contributed by atoms with van der Waals surface area (Å²) < 4.78 is 1.45. The van der Waals surface area contributed by atoms with Gasteiger partial charge in [0, 0.05) is 24.9 Å². The number of hydrogen-bond acceptors (Lipinski definition) is 5. The molecular formula is C13H14N4O4. The minimum atomic E-state index is -0.626. The molecule has 1 heterocycles. The molecule has 1 unspecified atom stereocenters. The summed E-state index contributed by atoms with van der Waals surface area (Å²) in [7, 11) is 0. The minimum absolute atomic E-state index is 0.0131. The first-order chi connectivity index (χ1) is 9.97. The molecule has 2 N–H and O–H groups in total. The van der Waals surface area contributed by atoms with Crippen LogP contribution in [-0.4, -0.2) is 38.4 Å². The molecule has 1 aromatic carbocycles. The molecule has 0 fully saturated rings. The molecule has 0 radical (unpaired) electrons. The Bertz CT molecular complexity index is 648. The quantitative estimate of drug-likeness (QED) is 0.627. The van der Waals surface area contributed by atoms with Gasteiger partial charge in [0.05, 0.1) is 28.5 Å². The zero-order valence-corrected chi connectivity index (χ0v) is 11.3. The number of nitro benzene ring substituents is 1. The molecule has 2 rings (SSSR count). The van der Waals surface area contributed by atoms with E-state index >= 15 is 0 Å². The van der Waals surface area contributed by atoms with E-state index in [4.69, 9.17) is 5.11 Å². The number of hydrogen-bond donors (Lipinski definition) is 2. The maximum Gasteiger partial charge on any atom is 0.269 e. The molecular weight excluding hydrogens is 276 g/mol. The van der Waals surface area contributed by atoms with E-state index in [0.29, 0.717) is 11.3 Å². The summed E-state index contributed by atoms with van der Waals surface area (Å²) in [6.07, 6.45) is 2.27. The van der Waals surface area contributed by atoms with Crippen LogP contribution in [0.1, 0.15) is 17.3 Å². The van der Waals surface area contributed by atoms with Crippen molar-refractivity contribution in [1.82, 2.24) is 15.1 Å². The molecule has 1 aromatic heterocycles. The molecule has 8 nitrogen and oxygen atoms in total. The number of aliphatic hydroxyl groups excluding tert-OH is 1. The van der Waals surface area contributed by atoms with Gasteiger partial charge < -0.3 is 10.4 Å². The Morgan fingerprint density at radius 1 is 1.48 bits per heavy atom. The second kappa shape index (κ2) is 6.14. The van der Waals surface area contributed by atoms with Gasteiger partial charge in [-0.2, -0.15) is 5.10 Å². The lowest BCUT2D eigenvalue weighted by Crippen LogP contribution is -2.30. The van der Waals surface area contributed by atoms with Crippen molar-refractivity contribution in [2.45, 2.75) is 13.0 Å². The summed E-state index contributed by atoms with van der Waals surface area (Å²) in [5, 5.41) is 26.3. The first kappa shape index (κ1) is 14.7. The maximum atomic E-state index is 11.8. The number of benzene rings is 1. The van der Waals surface area contributed by atoms with Crippen LogP contribution in [0.25, 0.3) is 5.69 Å². The fourth-order valence-corrected chi connectivity index (χ4v) is 1.65. The number of nitrogens with zero attached hydrogens (tertiary/aromatic N) is 3. The Hall–Kier alpha value is -2.74. The largest absolute Gasteiger partial charge is 0.392 e. The molecule has 0 saturated carbocycles. The van der Waals surface area contributed by atoms with E-state index in [9.17, 15) is 14.9 Å². The SMILES string of the molecule is CC(O)CNC(=O)c1cnn(-c2ccc([N+](=O)[O-])cc2)c1. The second-order valence-electron chi connectivity index (χ2n) is 4.51. The predicted octanol–water partition coefficient (Wildman–Crippen LogP) is 0.891. The van der Waals surface area contributed by atoms with E-state index in [1.165, 1.54) is 29.2 Å². The number of carbonyl (C=O) groups is 1. The van der Waals surface area contributed by atoms with Crippen molar-refractivity contribution in [3.8, 4) is 5.69 Å². The minimum Gasteiger partial charge on any atom is -0.392 e. The molecule has 0 aliphatic carbocycles. The van der Waals surface area contributed by atoms with E-state index in [2.05, 4.69) is 10.4 Å². The van der Waals surface area contributed by atoms with Crippen molar-refractivity contribution in [1.29, 1.82) is 0 Å². The van der Waals surface area contributed by atoms with Gasteiger partial charge in [-0.15, -0.1) is 0 Å². The number of aromatic nitrogens is 2. The van der Waals surface area contributed by atoms with Crippen molar-refractivity contribution < 1.29 is 14.8 Å². The van der Waals surface area contributed by atoms with Gasteiger partial charge in [0.25, 0.3) is 11.6 Å². The van der Waals surface area contributed by atoms with Gasteiger partial charge in [-0.05, 0) is 19.1 Å². The Kier molecular flexibility index (Phi) is 4.29. The molecule has 0 spiro atoms. The lowest BCUT2D eigenvalue weighted by molar-refractivity contribution is -0.384. The van der Waals surface area contributed by atoms with Crippen LogP contribution in [0.5, 0.6) is 0 Å². The summed E-state index contributed by atoms with van der Waals surface area (Å²) >= 11 is 0. The van der Waals surface area contributed by atoms with Crippen molar-refractivity contribution >= 4 is 11.6 Å². The molecule has 2 aromatic rings. The van der Waals surface area contributed by atoms with Crippen molar-refractivity contribution in [3.63, 3.8) is 0 Å². The summed E-state index contributed by atoms with van der Waals surface area (Å²) in [6, 6.07) is 5.82. The number of carbonyl (C=O) groups excluding carboxylic acids is 1. The van der Waals surface area contributed by atoms with Crippen LogP contribution in [0, 0.1) is 10.1 Å². The zero-order chi connectivity index (χ0) is 15.4. The fourth-order valence-electron chi connectivity index (χ4n) is 1.65. The predicted molar refractivity (Wildman–Crippen MR) is 74.2 cm³/mol. The number of nitrogens with one attached hydrogen (secondary N) is 1. The summed E-state index contributed by atoms with van der Waals surface area (Å²) in [4.78, 5) is 21.9. The average molecular weight is 290 g/mol. The third-order valence-corrected chi connectivity index (χ3v) is 2.73. The van der Waals surface area contributed by atoms with Crippen molar-refractivity contribution in [2.75, 3.05) is 6.54 Å². The van der Waals surface area contributed by atoms with Crippen molar-refractivity contribution in [3.05, 3.63) is 52.3 Å². The third-order valence-electron chi connectivity index (χ3n) is 2.73. The Morgan fingerprint density at radius 3 is 2.71 bits per heavy atom. The molecule has 1 atom stereocenters. The van der Waals surface area contributed by atoms with E-state index in [1.807, 2.05) is 0 Å². The highest BCUT2D eigenvalue weighted by Crippen LogP contribution is 2.15. The number of amides is 1. The molecule has 8 heteroatoms. The zero-order valence-electron chi connectivity index (χ0n) is 11.3. The smallest absolute Gasteiger partial charge is 0.269 e. The Labute approximate surface area is 120 Å². The van der Waals surface area contributed by atoms with Crippen molar-refractivity contribution in [2.24, 2.45) is 0 Å². The van der Waals surface area contributed by atoms with Crippen LogP contribution in [0.2, 0.25) is 0 Å². The first-order valence-corrected chi connectivity index (χ1v) is 6.23. The lowest BCUT2D eigenvalue weighted by atomic mass is 10.3. The molecule has 0 saturated heterocycles. The summed E-state index contributed by atoms with van der Waals surface area (Å²) in [5.41, 5.74) is 0.935. The molecule has 1 amide bonds. The highest BCUT2D eigenvalue weighted by atomic mass is 16.6. The molecule has 110 valence electrons. The fraction of sp³-hybridized carbons (Fsp3) is 0.231. The van der Waals surface area contributed by atoms with Crippen LogP contribution in [0.3, 0.4) is 0 Å². The van der Waals surface area contributed by atoms with Crippen LogP contribution in [-0.2, 0) is 0 Å². The van der Waals surface area contributed by atoms with Crippen LogP contribution in [0.4, 0.5) is 5.69 Å². The second-order valence-corrected chi connectivity index (χ2v) is 4.51. The Morgan fingerprint density at radius 2 is 2.14 bits per heavy atom. The third kappa shape index (κ3) is 3.63. The summed E-state index contributed by atoms with van der Waals surface area (Å²) in [5.74, 6) is -0.343. The van der Waals surface area contributed by atoms with Gasteiger partial charge in [0.2, 0.25) is 0 Å². The van der Waals surface area contributed by atoms with Gasteiger partial charge >= 0.3 is 0 Å². The summed E-state index contributed by atoms with van der Waals surface area (Å²) in [6.45, 7) is 1.72. The van der Waals surface area contributed by atoms with Gasteiger partial charge in [0.1, 0.15) is 0 Å². The standard InChI is InChI=1S/C13H14N4O4/c1-9(18)6-14-13(19)10-7-15-16(8-10)11-2-4-12(5-3-11)17(20)21/h2-5,7-9,18H,6H2,1H3,(H,14,19). The van der Waals surface area contributed by atoms with E-state index in [1.54, 1.807) is 19.1 Å². The van der Waals surface area contributed by atoms with Gasteiger partial charge in [-0.25, -0.2) is 4.68 Å². The molecule has 21 heavy (non-hydrogen) atoms. The highest BCUT2D eigenvalue weighted by molar-refractivity contribution is 5.93. The van der Waals surface area contributed by atoms with E-state index < -0.39 is 11.0 Å². The molecule has 0 aliphatic heterocycles. The lowest BCUT2D eigenvalue weighted by Gasteiger charge is -2.05. The van der Waals surface area contributed by atoms with Gasteiger partial charge in [0.15, 0.2) is 0 Å². The first-order valence-electron chi connectivity index (χ1n) is 6.23. The Balaban J connectivity index is 2.12. The van der Waals surface area contributed by atoms with E-state index in [-0.39, 0.29) is 18.1 Å². The highest BCUT2D eigenvalue weighted by Gasteiger charge is 2.11. The molecule has 0 aliphatic rings. The monoisotopic (exact) mass is 290 g/mol. The number of aliphatic hydroxyl groups is 1. The normalized spacial score (nSPS) is 11.9. The number of non-ortho nitro benzene ring substituents is 1. The number of nitro groups is 1. The topological polar surface area (TPSA) is 110 Å². The number of rotatable bonds is 5.